The molecule has 8 atom stereocenters. The van der Waals surface area contributed by atoms with Gasteiger partial charge in [-0.05, 0) is 38.5 Å². The van der Waals surface area contributed by atoms with E-state index < -0.39 is 78.5 Å². The summed E-state index contributed by atoms with van der Waals surface area (Å²) in [7, 11) is -5.10. The van der Waals surface area contributed by atoms with Crippen LogP contribution in [0.15, 0.2) is 24.3 Å². The summed E-state index contributed by atoms with van der Waals surface area (Å²) < 4.78 is 47.0. The van der Waals surface area contributed by atoms with E-state index in [1.165, 1.54) is 19.3 Å². The molecule has 13 nitrogen and oxygen atoms in total. The zero-order chi connectivity index (χ0) is 35.8. The molecule has 0 radical (unpaired) electrons. The second-order valence-corrected chi connectivity index (χ2v) is 13.7. The van der Waals surface area contributed by atoms with Gasteiger partial charge in [0.2, 0.25) is 5.91 Å². The van der Waals surface area contributed by atoms with E-state index in [1.54, 1.807) is 0 Å². The lowest BCUT2D eigenvalue weighted by molar-refractivity contribution is -0.298. The van der Waals surface area contributed by atoms with Crippen molar-refractivity contribution >= 4 is 16.3 Å². The third-order valence-electron chi connectivity index (χ3n) is 8.40. The normalized spacial score (nSPS) is 23.9. The SMILES string of the molecule is CCCCC/C=C\C=C/CCCCCCCC(O)C(=O)NC(COC1OC(CO)C(O)C(OS(=O)(=O)O)C1O)C(O)CCCCCCC. The maximum absolute atomic E-state index is 12.9. The molecule has 0 spiro atoms. The highest BCUT2D eigenvalue weighted by Crippen LogP contribution is 2.26. The van der Waals surface area contributed by atoms with E-state index >= 15 is 0 Å². The van der Waals surface area contributed by atoms with E-state index in [2.05, 4.69) is 47.7 Å². The average molecular weight is 710 g/mol. The summed E-state index contributed by atoms with van der Waals surface area (Å²) in [6, 6.07) is -1.03. The van der Waals surface area contributed by atoms with Gasteiger partial charge in [0.25, 0.3) is 0 Å². The van der Waals surface area contributed by atoms with Gasteiger partial charge in [0.05, 0.1) is 25.4 Å². The standard InChI is InChI=1S/C34H63NO12S/c1-3-5-7-9-10-11-12-13-14-15-16-17-19-21-23-28(38)33(41)35-26(27(37)22-20-18-8-6-4-2)25-45-34-31(40)32(47-48(42,43)44)30(39)29(24-36)46-34/h10-13,26-32,34,36-40H,3-9,14-25H2,1-2H3,(H,35,41)(H,42,43,44)/b11-10-,13-12-. The Kier molecular flexibility index (Phi) is 24.5. The molecule has 1 heterocycles. The van der Waals surface area contributed by atoms with E-state index in [0.717, 1.165) is 64.2 Å². The summed E-state index contributed by atoms with van der Waals surface area (Å²) in [6.07, 6.45) is 13.1. The van der Waals surface area contributed by atoms with Crippen molar-refractivity contribution in [2.75, 3.05) is 13.2 Å². The zero-order valence-corrected chi connectivity index (χ0v) is 29.7. The second-order valence-electron chi connectivity index (χ2n) is 12.6. The minimum Gasteiger partial charge on any atom is -0.394 e. The van der Waals surface area contributed by atoms with Crippen molar-refractivity contribution in [2.24, 2.45) is 0 Å². The van der Waals surface area contributed by atoms with Crippen LogP contribution in [0.5, 0.6) is 0 Å². The molecule has 0 aromatic rings. The first-order valence-corrected chi connectivity index (χ1v) is 19.2. The lowest BCUT2D eigenvalue weighted by Gasteiger charge is -2.41. The van der Waals surface area contributed by atoms with Crippen molar-refractivity contribution < 1.29 is 57.0 Å². The zero-order valence-electron chi connectivity index (χ0n) is 28.9. The Hall–Kier alpha value is -1.46. The fraction of sp³-hybridized carbons (Fsp3) is 0.853. The highest BCUT2D eigenvalue weighted by Gasteiger charge is 2.48. The Morgan fingerprint density at radius 1 is 0.833 bits per heavy atom. The van der Waals surface area contributed by atoms with Crippen LogP contribution in [0.1, 0.15) is 123 Å². The van der Waals surface area contributed by atoms with Crippen LogP contribution in [0.4, 0.5) is 0 Å². The Morgan fingerprint density at radius 2 is 1.38 bits per heavy atom. The van der Waals surface area contributed by atoms with Gasteiger partial charge in [-0.2, -0.15) is 8.42 Å². The van der Waals surface area contributed by atoms with E-state index in [4.69, 9.17) is 14.0 Å². The number of aliphatic hydroxyl groups is 5. The van der Waals surface area contributed by atoms with Crippen LogP contribution < -0.4 is 5.32 Å². The van der Waals surface area contributed by atoms with Gasteiger partial charge in [-0.15, -0.1) is 0 Å². The monoisotopic (exact) mass is 709 g/mol. The largest absolute Gasteiger partial charge is 0.397 e. The van der Waals surface area contributed by atoms with Crippen molar-refractivity contribution in [1.29, 1.82) is 0 Å². The van der Waals surface area contributed by atoms with Crippen molar-refractivity contribution in [3.63, 3.8) is 0 Å². The number of ether oxygens (including phenoxy) is 2. The molecule has 1 amide bonds. The number of aliphatic hydroxyl groups excluding tert-OH is 5. The smallest absolute Gasteiger partial charge is 0.394 e. The summed E-state index contributed by atoms with van der Waals surface area (Å²) in [6.45, 7) is 3.07. The first-order chi connectivity index (χ1) is 22.9. The summed E-state index contributed by atoms with van der Waals surface area (Å²) in [5, 5.41) is 54.5. The number of nitrogens with one attached hydrogen (secondary N) is 1. The molecule has 0 aromatic heterocycles. The van der Waals surface area contributed by atoms with Crippen molar-refractivity contribution in [1.82, 2.24) is 5.32 Å². The fourth-order valence-corrected chi connectivity index (χ4v) is 5.96. The predicted octanol–water partition coefficient (Wildman–Crippen LogP) is 3.62. The minimum absolute atomic E-state index is 0.240. The lowest BCUT2D eigenvalue weighted by Crippen LogP contribution is -2.61. The first kappa shape index (κ1) is 44.6. The molecule has 282 valence electrons. The molecular weight excluding hydrogens is 646 g/mol. The number of rotatable bonds is 28. The number of hydrogen-bond donors (Lipinski definition) is 7. The van der Waals surface area contributed by atoms with E-state index in [0.29, 0.717) is 19.3 Å². The molecule has 0 bridgehead atoms. The van der Waals surface area contributed by atoms with Crippen LogP contribution >= 0.6 is 0 Å². The molecule has 48 heavy (non-hydrogen) atoms. The first-order valence-electron chi connectivity index (χ1n) is 17.8. The molecule has 0 saturated carbocycles. The van der Waals surface area contributed by atoms with Crippen LogP contribution in [-0.4, -0.2) is 107 Å². The Balaban J connectivity index is 2.63. The van der Waals surface area contributed by atoms with E-state index in [1.807, 2.05) is 0 Å². The van der Waals surface area contributed by atoms with Gasteiger partial charge in [-0.1, -0.05) is 109 Å². The van der Waals surface area contributed by atoms with Crippen LogP contribution in [0.3, 0.4) is 0 Å². The maximum Gasteiger partial charge on any atom is 0.397 e. The van der Waals surface area contributed by atoms with Crippen LogP contribution in [-0.2, 0) is 28.9 Å². The third-order valence-corrected chi connectivity index (χ3v) is 8.86. The fourth-order valence-electron chi connectivity index (χ4n) is 5.45. The van der Waals surface area contributed by atoms with E-state index in [-0.39, 0.29) is 6.42 Å². The van der Waals surface area contributed by atoms with Crippen molar-refractivity contribution in [2.45, 2.75) is 172 Å². The number of unbranched alkanes of at least 4 members (excludes halogenated alkanes) is 12. The van der Waals surface area contributed by atoms with Gasteiger partial charge >= 0.3 is 10.4 Å². The number of carbonyl (C=O) groups is 1. The van der Waals surface area contributed by atoms with Gasteiger partial charge < -0.3 is 40.3 Å². The summed E-state index contributed by atoms with van der Waals surface area (Å²) >= 11 is 0. The van der Waals surface area contributed by atoms with Gasteiger partial charge in [0.15, 0.2) is 6.29 Å². The highest BCUT2D eigenvalue weighted by molar-refractivity contribution is 7.80. The van der Waals surface area contributed by atoms with Gasteiger partial charge in [-0.25, -0.2) is 4.18 Å². The quantitative estimate of drug-likeness (QED) is 0.0353. The molecule has 14 heteroatoms. The molecule has 0 aromatic carbocycles. The highest BCUT2D eigenvalue weighted by atomic mass is 32.3. The van der Waals surface area contributed by atoms with Crippen LogP contribution in [0.2, 0.25) is 0 Å². The third kappa shape index (κ3) is 19.7. The molecule has 1 aliphatic heterocycles. The van der Waals surface area contributed by atoms with Gasteiger partial charge in [0, 0.05) is 0 Å². The van der Waals surface area contributed by atoms with Gasteiger partial charge in [-0.3, -0.25) is 9.35 Å². The molecule has 1 saturated heterocycles. The van der Waals surface area contributed by atoms with Crippen LogP contribution in [0.25, 0.3) is 0 Å². The Labute approximate surface area is 287 Å². The predicted molar refractivity (Wildman–Crippen MR) is 182 cm³/mol. The molecule has 1 rings (SSSR count). The van der Waals surface area contributed by atoms with Gasteiger partial charge in [0.1, 0.15) is 30.5 Å². The topological polar surface area (TPSA) is 212 Å². The lowest BCUT2D eigenvalue weighted by atomic mass is 9.99. The molecule has 1 aliphatic rings. The Bertz CT molecular complexity index is 995. The summed E-state index contributed by atoms with van der Waals surface area (Å²) in [4.78, 5) is 12.9. The molecule has 0 aliphatic carbocycles. The minimum atomic E-state index is -5.10. The van der Waals surface area contributed by atoms with E-state index in [9.17, 15) is 38.7 Å². The summed E-state index contributed by atoms with van der Waals surface area (Å²) in [5.74, 6) is -0.692. The number of carbonyl (C=O) groups excluding carboxylic acids is 1. The maximum atomic E-state index is 12.9. The average Bonchev–Trinajstić information content (AvgIpc) is 3.04. The van der Waals surface area contributed by atoms with Crippen molar-refractivity contribution in [3.05, 3.63) is 24.3 Å². The molecule has 8 unspecified atom stereocenters. The number of hydrogen-bond acceptors (Lipinski definition) is 11. The molecular formula is C34H63NO12S. The Morgan fingerprint density at radius 3 is 1.98 bits per heavy atom. The number of amides is 1. The summed E-state index contributed by atoms with van der Waals surface area (Å²) in [5.41, 5.74) is 0. The van der Waals surface area contributed by atoms with Crippen molar-refractivity contribution in [3.8, 4) is 0 Å². The molecule has 1 fully saturated rings. The molecule has 7 N–H and O–H groups in total. The van der Waals surface area contributed by atoms with Crippen LogP contribution in [0, 0.1) is 0 Å². The second kappa shape index (κ2) is 26.4. The number of allylic oxidation sites excluding steroid dienone is 4.